The normalized spacial score (nSPS) is 19.5. The van der Waals surface area contributed by atoms with Crippen LogP contribution in [0.1, 0.15) is 46.3 Å². The topological polar surface area (TPSA) is 85.2 Å². The lowest BCUT2D eigenvalue weighted by molar-refractivity contribution is -0.00220. The molecular weight excluding hydrogens is 411 g/mol. The Morgan fingerprint density at radius 3 is 2.62 bits per heavy atom. The van der Waals surface area contributed by atoms with Crippen molar-refractivity contribution in [2.45, 2.75) is 44.7 Å². The molecule has 0 aliphatic carbocycles. The first-order valence-corrected chi connectivity index (χ1v) is 10.9. The second-order valence-electron chi connectivity index (χ2n) is 8.28. The zero-order valence-electron chi connectivity index (χ0n) is 17.7. The van der Waals surface area contributed by atoms with E-state index in [0.717, 1.165) is 42.9 Å². The summed E-state index contributed by atoms with van der Waals surface area (Å²) in [6, 6.07) is 10.0. The molecule has 1 aromatic carbocycles. The second-order valence-corrected chi connectivity index (χ2v) is 8.28. The fourth-order valence-electron chi connectivity index (χ4n) is 4.28. The van der Waals surface area contributed by atoms with Crippen LogP contribution in [0.4, 0.5) is 4.39 Å². The number of hydrogen-bond donors (Lipinski definition) is 1. The lowest BCUT2D eigenvalue weighted by Crippen LogP contribution is -2.44. The number of aromatic nitrogens is 4. The van der Waals surface area contributed by atoms with E-state index in [-0.39, 0.29) is 23.9 Å². The molecule has 8 nitrogen and oxygen atoms in total. The lowest BCUT2D eigenvalue weighted by Gasteiger charge is -2.32. The molecule has 0 spiro atoms. The van der Waals surface area contributed by atoms with Crippen molar-refractivity contribution in [3.8, 4) is 0 Å². The summed E-state index contributed by atoms with van der Waals surface area (Å²) in [6.45, 7) is 3.48. The number of piperidine rings is 1. The van der Waals surface area contributed by atoms with Crippen molar-refractivity contribution in [1.82, 2.24) is 30.2 Å². The van der Waals surface area contributed by atoms with Crippen LogP contribution < -0.4 is 5.32 Å². The van der Waals surface area contributed by atoms with Gasteiger partial charge in [0.2, 0.25) is 0 Å². The molecule has 0 bridgehead atoms. The number of carbonyl (C=O) groups excluding carboxylic acids is 1. The van der Waals surface area contributed by atoms with Gasteiger partial charge in [-0.25, -0.2) is 9.07 Å². The number of halogens is 1. The van der Waals surface area contributed by atoms with Crippen LogP contribution in [0.3, 0.4) is 0 Å². The maximum Gasteiger partial charge on any atom is 0.251 e. The highest BCUT2D eigenvalue weighted by Crippen LogP contribution is 2.27. The van der Waals surface area contributed by atoms with Crippen molar-refractivity contribution < 1.29 is 13.9 Å². The van der Waals surface area contributed by atoms with Gasteiger partial charge in [0.1, 0.15) is 17.6 Å². The minimum Gasteiger partial charge on any atom is -0.365 e. The average Bonchev–Trinajstić information content (AvgIpc) is 3.23. The Kier molecular flexibility index (Phi) is 5.91. The quantitative estimate of drug-likeness (QED) is 0.662. The fourth-order valence-corrected chi connectivity index (χ4v) is 4.28. The molecule has 1 fully saturated rings. The molecular formula is C23H25FN6O2. The Hall–Kier alpha value is -3.17. The van der Waals surface area contributed by atoms with E-state index in [9.17, 15) is 9.18 Å². The summed E-state index contributed by atoms with van der Waals surface area (Å²) in [4.78, 5) is 18.6. The Bertz CT molecular complexity index is 1060. The average molecular weight is 436 g/mol. The summed E-state index contributed by atoms with van der Waals surface area (Å²) in [5, 5.41) is 11.8. The third-order valence-corrected chi connectivity index (χ3v) is 6.16. The molecule has 1 amide bonds. The Labute approximate surface area is 185 Å². The number of fused-ring (bicyclic) bond motifs is 1. The van der Waals surface area contributed by atoms with Gasteiger partial charge in [0.15, 0.2) is 0 Å². The Morgan fingerprint density at radius 2 is 1.88 bits per heavy atom. The predicted octanol–water partition coefficient (Wildman–Crippen LogP) is 2.48. The van der Waals surface area contributed by atoms with Crippen LogP contribution in [0.25, 0.3) is 0 Å². The second kappa shape index (κ2) is 9.13. The number of pyridine rings is 1. The number of rotatable bonds is 5. The molecule has 0 radical (unpaired) electrons. The Balaban J connectivity index is 1.14. The van der Waals surface area contributed by atoms with Crippen LogP contribution in [0.15, 0.2) is 48.8 Å². The highest BCUT2D eigenvalue weighted by molar-refractivity contribution is 5.94. The van der Waals surface area contributed by atoms with Gasteiger partial charge in [-0.2, -0.15) is 0 Å². The van der Waals surface area contributed by atoms with E-state index in [4.69, 9.17) is 4.74 Å². The molecule has 1 N–H and O–H groups in total. The molecule has 166 valence electrons. The predicted molar refractivity (Wildman–Crippen MR) is 114 cm³/mol. The lowest BCUT2D eigenvalue weighted by atomic mass is 10.0. The first kappa shape index (κ1) is 20.7. The number of nitrogens with zero attached hydrogens (tertiary/aromatic N) is 5. The zero-order chi connectivity index (χ0) is 21.9. The van der Waals surface area contributed by atoms with Crippen molar-refractivity contribution in [3.63, 3.8) is 0 Å². The largest absolute Gasteiger partial charge is 0.365 e. The van der Waals surface area contributed by atoms with Crippen molar-refractivity contribution in [1.29, 1.82) is 0 Å². The van der Waals surface area contributed by atoms with Crippen molar-refractivity contribution in [2.75, 3.05) is 13.1 Å². The standard InChI is InChI=1S/C23H25FN6O2/c24-18-3-1-16(2-4-18)22-14-30-21(15-32-22)20(27-28-30)13-29-11-7-19(8-12-29)26-23(31)17-5-9-25-10-6-17/h1-6,9-10,19,22H,7-8,11-15H2,(H,26,31)/t22-/m1/s1. The van der Waals surface area contributed by atoms with E-state index in [1.54, 1.807) is 36.7 Å². The molecule has 2 aromatic heterocycles. The van der Waals surface area contributed by atoms with E-state index in [0.29, 0.717) is 25.3 Å². The van der Waals surface area contributed by atoms with Crippen molar-refractivity contribution in [3.05, 3.63) is 77.1 Å². The number of carbonyl (C=O) groups is 1. The first-order valence-electron chi connectivity index (χ1n) is 10.9. The van der Waals surface area contributed by atoms with Gasteiger partial charge < -0.3 is 10.1 Å². The van der Waals surface area contributed by atoms with Crippen LogP contribution in [0, 0.1) is 5.82 Å². The summed E-state index contributed by atoms with van der Waals surface area (Å²) in [5.74, 6) is -0.305. The number of nitrogens with one attached hydrogen (secondary N) is 1. The monoisotopic (exact) mass is 436 g/mol. The molecule has 9 heteroatoms. The molecule has 4 heterocycles. The number of likely N-dealkylation sites (tertiary alicyclic amines) is 1. The van der Waals surface area contributed by atoms with Crippen LogP contribution in [0.5, 0.6) is 0 Å². The van der Waals surface area contributed by atoms with Gasteiger partial charge in [-0.1, -0.05) is 17.3 Å². The van der Waals surface area contributed by atoms with E-state index in [2.05, 4.69) is 25.5 Å². The molecule has 2 aliphatic heterocycles. The number of amides is 1. The smallest absolute Gasteiger partial charge is 0.251 e. The minimum atomic E-state index is -0.256. The third-order valence-electron chi connectivity index (χ3n) is 6.16. The van der Waals surface area contributed by atoms with Gasteiger partial charge >= 0.3 is 0 Å². The summed E-state index contributed by atoms with van der Waals surface area (Å²) in [5.41, 5.74) is 3.50. The molecule has 1 atom stereocenters. The molecule has 0 unspecified atom stereocenters. The highest BCUT2D eigenvalue weighted by atomic mass is 19.1. The maximum atomic E-state index is 13.2. The van der Waals surface area contributed by atoms with E-state index in [1.165, 1.54) is 12.1 Å². The van der Waals surface area contributed by atoms with Crippen molar-refractivity contribution >= 4 is 5.91 Å². The highest BCUT2D eigenvalue weighted by Gasteiger charge is 2.27. The molecule has 3 aromatic rings. The molecule has 32 heavy (non-hydrogen) atoms. The summed E-state index contributed by atoms with van der Waals surface area (Å²) in [7, 11) is 0. The SMILES string of the molecule is O=C(NC1CCN(Cc2nnn3c2CO[C@@H](c2ccc(F)cc2)C3)CC1)c1ccncc1. The van der Waals surface area contributed by atoms with Crippen LogP contribution >= 0.6 is 0 Å². The van der Waals surface area contributed by atoms with Gasteiger partial charge in [-0.05, 0) is 42.7 Å². The molecule has 5 rings (SSSR count). The fraction of sp³-hybridized carbons (Fsp3) is 0.391. The van der Waals surface area contributed by atoms with Gasteiger partial charge in [0, 0.05) is 43.6 Å². The maximum absolute atomic E-state index is 13.2. The number of benzene rings is 1. The first-order chi connectivity index (χ1) is 15.7. The van der Waals surface area contributed by atoms with Gasteiger partial charge in [-0.15, -0.1) is 5.10 Å². The number of hydrogen-bond acceptors (Lipinski definition) is 6. The van der Waals surface area contributed by atoms with Gasteiger partial charge in [0.05, 0.1) is 18.8 Å². The van der Waals surface area contributed by atoms with E-state index >= 15 is 0 Å². The Morgan fingerprint density at radius 1 is 1.12 bits per heavy atom. The van der Waals surface area contributed by atoms with Crippen molar-refractivity contribution in [2.24, 2.45) is 0 Å². The molecule has 0 saturated carbocycles. The number of ether oxygens (including phenoxy) is 1. The van der Waals surface area contributed by atoms with E-state index < -0.39 is 0 Å². The van der Waals surface area contributed by atoms with Gasteiger partial charge in [-0.3, -0.25) is 14.7 Å². The molecule has 1 saturated heterocycles. The van der Waals surface area contributed by atoms with Crippen LogP contribution in [0.2, 0.25) is 0 Å². The zero-order valence-corrected chi connectivity index (χ0v) is 17.7. The third kappa shape index (κ3) is 4.53. The summed E-state index contributed by atoms with van der Waals surface area (Å²) in [6.07, 6.45) is 4.88. The van der Waals surface area contributed by atoms with Gasteiger partial charge in [0.25, 0.3) is 5.91 Å². The summed E-state index contributed by atoms with van der Waals surface area (Å²) < 4.78 is 21.1. The summed E-state index contributed by atoms with van der Waals surface area (Å²) >= 11 is 0. The van der Waals surface area contributed by atoms with Crippen LogP contribution in [-0.4, -0.2) is 49.9 Å². The van der Waals surface area contributed by atoms with Crippen LogP contribution in [-0.2, 0) is 24.4 Å². The van der Waals surface area contributed by atoms with E-state index in [1.807, 2.05) is 4.68 Å². The minimum absolute atomic E-state index is 0.0499. The molecule has 2 aliphatic rings.